The number of carbonyl (C=O) groups excluding carboxylic acids is 1. The van der Waals surface area contributed by atoms with Crippen molar-refractivity contribution in [2.75, 3.05) is 24.7 Å². The van der Waals surface area contributed by atoms with Crippen LogP contribution in [0, 0.1) is 11.3 Å². The molecule has 5 nitrogen and oxygen atoms in total. The van der Waals surface area contributed by atoms with Crippen LogP contribution < -0.4 is 11.1 Å². The Morgan fingerprint density at radius 1 is 1.58 bits per heavy atom. The molecule has 0 radical (unpaired) electrons. The van der Waals surface area contributed by atoms with E-state index in [0.29, 0.717) is 28.4 Å². The number of methoxy groups -OCH3 is 1. The molecule has 0 bridgehead atoms. The molecular weight excluding hydrogens is 242 g/mol. The molecule has 0 amide bonds. The predicted molar refractivity (Wildman–Crippen MR) is 75.0 cm³/mol. The van der Waals surface area contributed by atoms with Gasteiger partial charge >= 0.3 is 5.97 Å². The third kappa shape index (κ3) is 2.64. The summed E-state index contributed by atoms with van der Waals surface area (Å²) in [5.74, 6) is 0.757. The van der Waals surface area contributed by atoms with E-state index < -0.39 is 5.97 Å². The molecule has 0 saturated heterocycles. The minimum Gasteiger partial charge on any atom is -0.465 e. The van der Waals surface area contributed by atoms with Gasteiger partial charge in [0.1, 0.15) is 5.82 Å². The number of nitrogens with zero attached hydrogens (tertiary/aromatic N) is 1. The van der Waals surface area contributed by atoms with Crippen molar-refractivity contribution in [2.24, 2.45) is 11.3 Å². The maximum atomic E-state index is 11.6. The summed E-state index contributed by atoms with van der Waals surface area (Å²) in [6, 6.07) is 1.57. The quantitative estimate of drug-likeness (QED) is 0.797. The first-order chi connectivity index (χ1) is 9.00. The molecule has 1 aromatic heterocycles. The summed E-state index contributed by atoms with van der Waals surface area (Å²) in [6.45, 7) is 5.30. The highest BCUT2D eigenvalue weighted by molar-refractivity contribution is 5.97. The molecule has 0 aromatic carbocycles. The summed E-state index contributed by atoms with van der Waals surface area (Å²) in [4.78, 5) is 15.8. The second-order valence-corrected chi connectivity index (χ2v) is 5.48. The Bertz CT molecular complexity index is 482. The van der Waals surface area contributed by atoms with Crippen LogP contribution in [0.25, 0.3) is 0 Å². The molecule has 3 N–H and O–H groups in total. The molecule has 5 heteroatoms. The Hall–Kier alpha value is -1.78. The number of anilines is 2. The second kappa shape index (κ2) is 5.07. The predicted octanol–water partition coefficient (Wildman–Crippen LogP) is 2.30. The molecule has 1 saturated carbocycles. The van der Waals surface area contributed by atoms with E-state index in [1.807, 2.05) is 0 Å². The zero-order valence-corrected chi connectivity index (χ0v) is 11.7. The van der Waals surface area contributed by atoms with E-state index in [1.54, 1.807) is 12.3 Å². The average molecular weight is 263 g/mol. The van der Waals surface area contributed by atoms with Crippen molar-refractivity contribution in [3.63, 3.8) is 0 Å². The Balaban J connectivity index is 2.11. The van der Waals surface area contributed by atoms with Crippen molar-refractivity contribution < 1.29 is 9.53 Å². The fourth-order valence-electron chi connectivity index (χ4n) is 2.28. The molecule has 0 spiro atoms. The highest BCUT2D eigenvalue weighted by Crippen LogP contribution is 2.51. The Labute approximate surface area is 113 Å². The molecule has 0 unspecified atom stereocenters. The van der Waals surface area contributed by atoms with E-state index in [1.165, 1.54) is 20.0 Å². The lowest BCUT2D eigenvalue weighted by molar-refractivity contribution is 0.0602. The van der Waals surface area contributed by atoms with Crippen molar-refractivity contribution >= 4 is 17.5 Å². The largest absolute Gasteiger partial charge is 0.465 e. The normalized spacial score (nSPS) is 16.2. The Kier molecular flexibility index (Phi) is 3.64. The standard InChI is InChI=1S/C14H21N3O2/c1-9(2)14(5-6-14)8-17-12-11(15)10(4-7-16-12)13(18)19-3/h4,7,9H,5-6,8,15H2,1-3H3,(H,16,17). The van der Waals surface area contributed by atoms with Crippen LogP contribution >= 0.6 is 0 Å². The van der Waals surface area contributed by atoms with Gasteiger partial charge in [-0.15, -0.1) is 0 Å². The van der Waals surface area contributed by atoms with E-state index in [9.17, 15) is 4.79 Å². The van der Waals surface area contributed by atoms with Crippen LogP contribution in [0.4, 0.5) is 11.5 Å². The van der Waals surface area contributed by atoms with Crippen molar-refractivity contribution in [3.05, 3.63) is 17.8 Å². The molecular formula is C14H21N3O2. The highest BCUT2D eigenvalue weighted by atomic mass is 16.5. The van der Waals surface area contributed by atoms with Crippen LogP contribution in [0.15, 0.2) is 12.3 Å². The van der Waals surface area contributed by atoms with Crippen LogP contribution in [0.3, 0.4) is 0 Å². The Morgan fingerprint density at radius 2 is 2.26 bits per heavy atom. The Morgan fingerprint density at radius 3 is 2.79 bits per heavy atom. The number of nitrogens with one attached hydrogen (secondary N) is 1. The van der Waals surface area contributed by atoms with Crippen molar-refractivity contribution in [1.82, 2.24) is 4.98 Å². The minimum atomic E-state index is -0.437. The third-order valence-electron chi connectivity index (χ3n) is 4.12. The van der Waals surface area contributed by atoms with E-state index in [-0.39, 0.29) is 0 Å². The fourth-order valence-corrected chi connectivity index (χ4v) is 2.28. The fraction of sp³-hybridized carbons (Fsp3) is 0.571. The van der Waals surface area contributed by atoms with Gasteiger partial charge < -0.3 is 15.8 Å². The van der Waals surface area contributed by atoms with Crippen LogP contribution in [0.5, 0.6) is 0 Å². The second-order valence-electron chi connectivity index (χ2n) is 5.48. The first-order valence-corrected chi connectivity index (χ1v) is 6.57. The van der Waals surface area contributed by atoms with Gasteiger partial charge in [-0.2, -0.15) is 0 Å². The molecule has 104 valence electrons. The lowest BCUT2D eigenvalue weighted by atomic mass is 9.92. The van der Waals surface area contributed by atoms with E-state index in [2.05, 4.69) is 24.1 Å². The molecule has 0 atom stereocenters. The third-order valence-corrected chi connectivity index (χ3v) is 4.12. The van der Waals surface area contributed by atoms with Gasteiger partial charge in [-0.3, -0.25) is 0 Å². The van der Waals surface area contributed by atoms with Gasteiger partial charge in [-0.05, 0) is 30.2 Å². The molecule has 1 aliphatic rings. The lowest BCUT2D eigenvalue weighted by Gasteiger charge is -2.21. The minimum absolute atomic E-state index is 0.355. The molecule has 1 heterocycles. The number of aromatic nitrogens is 1. The molecule has 0 aliphatic heterocycles. The zero-order chi connectivity index (χ0) is 14.0. The number of hydrogen-bond donors (Lipinski definition) is 2. The van der Waals surface area contributed by atoms with E-state index >= 15 is 0 Å². The maximum Gasteiger partial charge on any atom is 0.340 e. The summed E-state index contributed by atoms with van der Waals surface area (Å²) >= 11 is 0. The number of nitrogen functional groups attached to an aromatic ring is 1. The average Bonchev–Trinajstić information content (AvgIpc) is 3.18. The number of hydrogen-bond acceptors (Lipinski definition) is 5. The van der Waals surface area contributed by atoms with E-state index in [4.69, 9.17) is 10.5 Å². The van der Waals surface area contributed by atoms with Crippen LogP contribution in [-0.4, -0.2) is 24.6 Å². The van der Waals surface area contributed by atoms with Gasteiger partial charge in [-0.1, -0.05) is 13.8 Å². The number of rotatable bonds is 5. The molecule has 1 aromatic rings. The summed E-state index contributed by atoms with van der Waals surface area (Å²) in [5.41, 5.74) is 7.03. The number of ether oxygens (including phenoxy) is 1. The number of nitrogens with two attached hydrogens (primary N) is 1. The van der Waals surface area contributed by atoms with Gasteiger partial charge in [0.2, 0.25) is 0 Å². The first kappa shape index (κ1) is 13.6. The molecule has 1 aliphatic carbocycles. The summed E-state index contributed by atoms with van der Waals surface area (Å²) < 4.78 is 4.69. The smallest absolute Gasteiger partial charge is 0.340 e. The van der Waals surface area contributed by atoms with Crippen LogP contribution in [0.1, 0.15) is 37.0 Å². The van der Waals surface area contributed by atoms with Gasteiger partial charge in [0.25, 0.3) is 0 Å². The van der Waals surface area contributed by atoms with Gasteiger partial charge in [0.15, 0.2) is 0 Å². The van der Waals surface area contributed by atoms with Crippen molar-refractivity contribution in [2.45, 2.75) is 26.7 Å². The van der Waals surface area contributed by atoms with Crippen LogP contribution in [-0.2, 0) is 4.74 Å². The first-order valence-electron chi connectivity index (χ1n) is 6.57. The number of esters is 1. The van der Waals surface area contributed by atoms with E-state index in [0.717, 1.165) is 6.54 Å². The monoisotopic (exact) mass is 263 g/mol. The topological polar surface area (TPSA) is 77.2 Å². The number of pyridine rings is 1. The van der Waals surface area contributed by atoms with Crippen molar-refractivity contribution in [1.29, 1.82) is 0 Å². The SMILES string of the molecule is COC(=O)c1ccnc(NCC2(C(C)C)CC2)c1N. The highest BCUT2D eigenvalue weighted by Gasteiger charge is 2.45. The molecule has 2 rings (SSSR count). The maximum absolute atomic E-state index is 11.6. The lowest BCUT2D eigenvalue weighted by Crippen LogP contribution is -2.22. The van der Waals surface area contributed by atoms with Crippen molar-refractivity contribution in [3.8, 4) is 0 Å². The van der Waals surface area contributed by atoms with Gasteiger partial charge in [0, 0.05) is 12.7 Å². The molecule has 1 fully saturated rings. The van der Waals surface area contributed by atoms with Gasteiger partial charge in [0.05, 0.1) is 18.4 Å². The summed E-state index contributed by atoms with van der Waals surface area (Å²) in [7, 11) is 1.34. The van der Waals surface area contributed by atoms with Gasteiger partial charge in [-0.25, -0.2) is 9.78 Å². The zero-order valence-electron chi connectivity index (χ0n) is 11.7. The molecule has 19 heavy (non-hydrogen) atoms. The van der Waals surface area contributed by atoms with Crippen LogP contribution in [0.2, 0.25) is 0 Å². The summed E-state index contributed by atoms with van der Waals surface area (Å²) in [6.07, 6.45) is 4.03. The summed E-state index contributed by atoms with van der Waals surface area (Å²) in [5, 5.41) is 3.27. The number of carbonyl (C=O) groups is 1.